The molecule has 1 N–H and O–H groups in total. The Morgan fingerprint density at radius 3 is 2.81 bits per heavy atom. The highest BCUT2D eigenvalue weighted by Crippen LogP contribution is 2.26. The summed E-state index contributed by atoms with van der Waals surface area (Å²) in [5.41, 5.74) is 2.84. The van der Waals surface area contributed by atoms with Crippen molar-refractivity contribution in [1.82, 2.24) is 15.1 Å². The van der Waals surface area contributed by atoms with E-state index in [-0.39, 0.29) is 11.7 Å². The van der Waals surface area contributed by atoms with E-state index in [1.165, 1.54) is 18.2 Å². The van der Waals surface area contributed by atoms with E-state index >= 15 is 0 Å². The van der Waals surface area contributed by atoms with Crippen LogP contribution < -0.4 is 10.1 Å². The summed E-state index contributed by atoms with van der Waals surface area (Å²) in [6.45, 7) is 7.12. The van der Waals surface area contributed by atoms with Gasteiger partial charge in [-0.05, 0) is 54.9 Å². The Balaban J connectivity index is 1.96. The molecule has 6 nitrogen and oxygen atoms in total. The zero-order valence-electron chi connectivity index (χ0n) is 15.3. The molecular weight excluding hydrogens is 405 g/mol. The lowest BCUT2D eigenvalue weighted by molar-refractivity contribution is -0.127. The number of nitrogens with zero attached hydrogens (tertiary/aromatic N) is 2. The lowest BCUT2D eigenvalue weighted by Crippen LogP contribution is -2.36. The minimum absolute atomic E-state index is 0.260. The summed E-state index contributed by atoms with van der Waals surface area (Å²) in [5.74, 6) is -0.226. The van der Waals surface area contributed by atoms with Crippen molar-refractivity contribution in [3.63, 3.8) is 0 Å². The Kier molecular flexibility index (Phi) is 7.16. The van der Waals surface area contributed by atoms with E-state index in [1.54, 1.807) is 14.0 Å². The third kappa shape index (κ3) is 5.04. The van der Waals surface area contributed by atoms with Gasteiger partial charge in [0.15, 0.2) is 6.10 Å². The summed E-state index contributed by atoms with van der Waals surface area (Å²) in [6, 6.07) is 4.06. The maximum atomic E-state index is 13.1. The number of carbonyl (C=O) groups excluding carboxylic acids is 1. The highest BCUT2D eigenvalue weighted by Gasteiger charge is 2.18. The lowest BCUT2D eigenvalue weighted by Gasteiger charge is -2.16. The van der Waals surface area contributed by atoms with Gasteiger partial charge in [0.2, 0.25) is 0 Å². The van der Waals surface area contributed by atoms with Crippen LogP contribution in [-0.2, 0) is 22.6 Å². The van der Waals surface area contributed by atoms with E-state index in [9.17, 15) is 9.18 Å². The number of amides is 1. The normalized spacial score (nSPS) is 12.1. The van der Waals surface area contributed by atoms with E-state index in [0.29, 0.717) is 29.9 Å². The summed E-state index contributed by atoms with van der Waals surface area (Å²) in [7, 11) is 1.65. The van der Waals surface area contributed by atoms with Crippen molar-refractivity contribution in [3.05, 3.63) is 45.4 Å². The predicted octanol–water partition coefficient (Wildman–Crippen LogP) is 3.13. The van der Waals surface area contributed by atoms with Crippen LogP contribution in [0.5, 0.6) is 5.75 Å². The summed E-state index contributed by atoms with van der Waals surface area (Å²) in [5, 5.41) is 7.33. The van der Waals surface area contributed by atoms with Crippen molar-refractivity contribution in [2.24, 2.45) is 0 Å². The topological polar surface area (TPSA) is 65.4 Å². The monoisotopic (exact) mass is 427 g/mol. The number of aromatic nitrogens is 2. The van der Waals surface area contributed by atoms with Crippen molar-refractivity contribution in [2.75, 3.05) is 13.7 Å². The first-order valence-electron chi connectivity index (χ1n) is 8.24. The zero-order chi connectivity index (χ0) is 19.3. The SMILES string of the molecule is COCCn1nc(C)c(CNC(=O)C(C)Oc2ccc(F)cc2Br)c1C. The summed E-state index contributed by atoms with van der Waals surface area (Å²) < 4.78 is 26.1. The second-order valence-corrected chi connectivity index (χ2v) is 6.77. The highest BCUT2D eigenvalue weighted by atomic mass is 79.9. The molecule has 26 heavy (non-hydrogen) atoms. The minimum Gasteiger partial charge on any atom is -0.480 e. The van der Waals surface area contributed by atoms with E-state index < -0.39 is 6.10 Å². The van der Waals surface area contributed by atoms with Crippen molar-refractivity contribution >= 4 is 21.8 Å². The molecule has 142 valence electrons. The number of benzene rings is 1. The summed E-state index contributed by atoms with van der Waals surface area (Å²) in [6.07, 6.45) is -0.721. The number of rotatable bonds is 8. The number of nitrogens with one attached hydrogen (secondary N) is 1. The van der Waals surface area contributed by atoms with E-state index in [0.717, 1.165) is 17.0 Å². The van der Waals surface area contributed by atoms with Crippen LogP contribution in [0.3, 0.4) is 0 Å². The molecule has 0 fully saturated rings. The highest BCUT2D eigenvalue weighted by molar-refractivity contribution is 9.10. The van der Waals surface area contributed by atoms with Crippen LogP contribution >= 0.6 is 15.9 Å². The zero-order valence-corrected chi connectivity index (χ0v) is 16.9. The molecule has 1 aromatic heterocycles. The number of halogens is 2. The molecule has 0 spiro atoms. The number of hydrogen-bond acceptors (Lipinski definition) is 4. The Hall–Kier alpha value is -1.93. The standard InChI is InChI=1S/C18H23BrFN3O3/c1-11-15(12(2)23(22-11)7-8-25-4)10-21-18(24)13(3)26-17-6-5-14(20)9-16(17)19/h5-6,9,13H,7-8,10H2,1-4H3,(H,21,24). The first kappa shape index (κ1) is 20.4. The van der Waals surface area contributed by atoms with Gasteiger partial charge in [-0.3, -0.25) is 9.48 Å². The van der Waals surface area contributed by atoms with Crippen LogP contribution in [0, 0.1) is 19.7 Å². The molecule has 0 radical (unpaired) electrons. The molecule has 0 bridgehead atoms. The molecule has 8 heteroatoms. The van der Waals surface area contributed by atoms with Crippen LogP contribution in [0.15, 0.2) is 22.7 Å². The third-order valence-electron chi connectivity index (χ3n) is 4.04. The quantitative estimate of drug-likeness (QED) is 0.702. The first-order valence-corrected chi connectivity index (χ1v) is 9.04. The van der Waals surface area contributed by atoms with Crippen molar-refractivity contribution < 1.29 is 18.7 Å². The second-order valence-electron chi connectivity index (χ2n) is 5.92. The minimum atomic E-state index is -0.721. The van der Waals surface area contributed by atoms with Crippen LogP contribution in [0.4, 0.5) is 4.39 Å². The van der Waals surface area contributed by atoms with Gasteiger partial charge in [-0.15, -0.1) is 0 Å². The van der Waals surface area contributed by atoms with E-state index in [1.807, 2.05) is 18.5 Å². The Morgan fingerprint density at radius 1 is 1.42 bits per heavy atom. The molecule has 0 aliphatic rings. The van der Waals surface area contributed by atoms with Crippen LogP contribution in [0.25, 0.3) is 0 Å². The van der Waals surface area contributed by atoms with Gasteiger partial charge in [0.05, 0.1) is 23.3 Å². The molecule has 1 unspecified atom stereocenters. The molecule has 0 aliphatic heterocycles. The van der Waals surface area contributed by atoms with Gasteiger partial charge < -0.3 is 14.8 Å². The summed E-state index contributed by atoms with van der Waals surface area (Å²) in [4.78, 5) is 12.3. The number of methoxy groups -OCH3 is 1. The number of aryl methyl sites for hydroxylation is 1. The van der Waals surface area contributed by atoms with Gasteiger partial charge in [-0.1, -0.05) is 0 Å². The van der Waals surface area contributed by atoms with Crippen molar-refractivity contribution in [1.29, 1.82) is 0 Å². The van der Waals surface area contributed by atoms with Crippen molar-refractivity contribution in [3.8, 4) is 5.75 Å². The van der Waals surface area contributed by atoms with Gasteiger partial charge in [0, 0.05) is 24.9 Å². The molecule has 0 saturated carbocycles. The molecule has 1 amide bonds. The molecule has 1 atom stereocenters. The maximum absolute atomic E-state index is 13.1. The van der Waals surface area contributed by atoms with Crippen LogP contribution in [0.2, 0.25) is 0 Å². The molecule has 2 rings (SSSR count). The van der Waals surface area contributed by atoms with Gasteiger partial charge in [0.1, 0.15) is 11.6 Å². The van der Waals surface area contributed by atoms with Crippen molar-refractivity contribution in [2.45, 2.75) is 40.0 Å². The number of hydrogen-bond donors (Lipinski definition) is 1. The lowest BCUT2D eigenvalue weighted by atomic mass is 10.2. The molecule has 0 aliphatic carbocycles. The largest absolute Gasteiger partial charge is 0.480 e. The average Bonchev–Trinajstić information content (AvgIpc) is 2.86. The average molecular weight is 428 g/mol. The fourth-order valence-corrected chi connectivity index (χ4v) is 2.96. The third-order valence-corrected chi connectivity index (χ3v) is 4.66. The smallest absolute Gasteiger partial charge is 0.261 e. The van der Waals surface area contributed by atoms with Gasteiger partial charge >= 0.3 is 0 Å². The molecular formula is C18H23BrFN3O3. The molecule has 0 saturated heterocycles. The van der Waals surface area contributed by atoms with E-state index in [2.05, 4.69) is 26.3 Å². The second kappa shape index (κ2) is 9.14. The van der Waals surface area contributed by atoms with Crippen LogP contribution in [-0.4, -0.2) is 35.5 Å². The summed E-state index contributed by atoms with van der Waals surface area (Å²) >= 11 is 3.22. The van der Waals surface area contributed by atoms with Gasteiger partial charge in [-0.2, -0.15) is 5.10 Å². The maximum Gasteiger partial charge on any atom is 0.261 e. The fraction of sp³-hybridized carbons (Fsp3) is 0.444. The van der Waals surface area contributed by atoms with Crippen LogP contribution in [0.1, 0.15) is 23.9 Å². The van der Waals surface area contributed by atoms with E-state index in [4.69, 9.17) is 9.47 Å². The first-order chi connectivity index (χ1) is 12.3. The molecule has 1 aromatic carbocycles. The molecule has 2 aromatic rings. The molecule has 1 heterocycles. The number of carbonyl (C=O) groups is 1. The Labute approximate surface area is 160 Å². The number of ether oxygens (including phenoxy) is 2. The Morgan fingerprint density at radius 2 is 2.15 bits per heavy atom. The predicted molar refractivity (Wildman–Crippen MR) is 99.6 cm³/mol. The van der Waals surface area contributed by atoms with Gasteiger partial charge in [0.25, 0.3) is 5.91 Å². The van der Waals surface area contributed by atoms with Gasteiger partial charge in [-0.25, -0.2) is 4.39 Å². The Bertz CT molecular complexity index is 779. The fourth-order valence-electron chi connectivity index (χ4n) is 2.52.